The fourth-order valence-corrected chi connectivity index (χ4v) is 1.18. The highest BCUT2D eigenvalue weighted by Crippen LogP contribution is 1.97. The molecule has 0 saturated heterocycles. The summed E-state index contributed by atoms with van der Waals surface area (Å²) in [5.41, 5.74) is 0.792. The number of aromatic amines is 2. The van der Waals surface area contributed by atoms with Crippen molar-refractivity contribution < 1.29 is 0 Å². The van der Waals surface area contributed by atoms with E-state index in [-0.39, 0.29) is 5.56 Å². The third-order valence-corrected chi connectivity index (χ3v) is 2.06. The molecule has 2 aromatic heterocycles. The van der Waals surface area contributed by atoms with Gasteiger partial charge < -0.3 is 9.97 Å². The molecule has 2 rings (SSSR count). The maximum Gasteiger partial charge on any atom is 0.280 e. The first kappa shape index (κ1) is 7.23. The lowest BCUT2D eigenvalue weighted by molar-refractivity contribution is 0.821. The second-order valence-electron chi connectivity index (χ2n) is 2.42. The Morgan fingerprint density at radius 3 is 3.17 bits per heavy atom. The van der Waals surface area contributed by atoms with E-state index in [1.165, 1.54) is 10.9 Å². The number of fused-ring (bicyclic) bond motifs is 1. The molecule has 0 amide bonds. The molecule has 0 aliphatic carbocycles. The van der Waals surface area contributed by atoms with Crippen LogP contribution in [-0.2, 0) is 7.05 Å². The Balaban J connectivity index is 3.16. The van der Waals surface area contributed by atoms with Gasteiger partial charge in [-0.2, -0.15) is 0 Å². The Morgan fingerprint density at radius 1 is 1.67 bits per heavy atom. The molecule has 12 heavy (non-hydrogen) atoms. The summed E-state index contributed by atoms with van der Waals surface area (Å²) in [6.45, 7) is 0. The summed E-state index contributed by atoms with van der Waals surface area (Å²) in [4.78, 5) is 20.9. The fourth-order valence-electron chi connectivity index (χ4n) is 0.997. The molecule has 0 unspecified atom stereocenters. The first-order valence-corrected chi connectivity index (χ1v) is 3.73. The van der Waals surface area contributed by atoms with Crippen LogP contribution in [0.5, 0.6) is 0 Å². The van der Waals surface area contributed by atoms with E-state index in [9.17, 15) is 4.79 Å². The topological polar surface area (TPSA) is 66.5 Å². The van der Waals surface area contributed by atoms with Crippen LogP contribution in [0.3, 0.4) is 0 Å². The maximum atomic E-state index is 11.4. The largest absolute Gasteiger partial charge is 0.339 e. The Bertz CT molecular complexity index is 534. The SMILES string of the molecule is Cn1c(=S)[nH]c2nc[nH]c2c1=O. The second kappa shape index (κ2) is 2.28. The average Bonchev–Trinajstić information content (AvgIpc) is 2.48. The summed E-state index contributed by atoms with van der Waals surface area (Å²) in [7, 11) is 1.61. The molecule has 0 aliphatic heterocycles. The summed E-state index contributed by atoms with van der Waals surface area (Å²) < 4.78 is 1.73. The lowest BCUT2D eigenvalue weighted by Crippen LogP contribution is -2.18. The zero-order chi connectivity index (χ0) is 8.72. The number of rotatable bonds is 0. The second-order valence-corrected chi connectivity index (χ2v) is 2.81. The molecular formula is C6H6N4OS. The van der Waals surface area contributed by atoms with Crippen LogP contribution in [0.2, 0.25) is 0 Å². The number of imidazole rings is 1. The van der Waals surface area contributed by atoms with E-state index in [0.717, 1.165) is 0 Å². The highest BCUT2D eigenvalue weighted by Gasteiger charge is 2.02. The molecule has 2 N–H and O–H groups in total. The van der Waals surface area contributed by atoms with Crippen LogP contribution in [0.1, 0.15) is 0 Å². The van der Waals surface area contributed by atoms with E-state index >= 15 is 0 Å². The van der Waals surface area contributed by atoms with Crippen LogP contribution in [0, 0.1) is 4.77 Å². The molecule has 5 nitrogen and oxygen atoms in total. The molecular weight excluding hydrogens is 176 g/mol. The van der Waals surface area contributed by atoms with Crippen molar-refractivity contribution in [2.45, 2.75) is 0 Å². The number of H-pyrrole nitrogens is 2. The highest BCUT2D eigenvalue weighted by molar-refractivity contribution is 7.71. The normalized spacial score (nSPS) is 10.8. The predicted molar refractivity (Wildman–Crippen MR) is 46.5 cm³/mol. The van der Waals surface area contributed by atoms with E-state index in [2.05, 4.69) is 15.0 Å². The van der Waals surface area contributed by atoms with E-state index < -0.39 is 0 Å². The van der Waals surface area contributed by atoms with Crippen molar-refractivity contribution in [3.05, 3.63) is 21.5 Å². The van der Waals surface area contributed by atoms with Gasteiger partial charge in [-0.25, -0.2) is 4.98 Å². The number of hydrogen-bond donors (Lipinski definition) is 2. The monoisotopic (exact) mass is 182 g/mol. The predicted octanol–water partition coefficient (Wildman–Crippen LogP) is 0.319. The van der Waals surface area contributed by atoms with Crippen LogP contribution >= 0.6 is 12.2 Å². The first-order valence-electron chi connectivity index (χ1n) is 3.32. The molecule has 0 aromatic carbocycles. The van der Waals surface area contributed by atoms with Crippen LogP contribution < -0.4 is 5.56 Å². The average molecular weight is 182 g/mol. The number of nitrogens with one attached hydrogen (secondary N) is 2. The summed E-state index contributed by atoms with van der Waals surface area (Å²) >= 11 is 4.89. The van der Waals surface area contributed by atoms with Crippen LogP contribution in [0.25, 0.3) is 11.2 Å². The Morgan fingerprint density at radius 2 is 2.42 bits per heavy atom. The molecule has 0 fully saturated rings. The molecule has 0 spiro atoms. The molecule has 2 heterocycles. The number of nitrogens with zero attached hydrogens (tertiary/aromatic N) is 2. The van der Waals surface area contributed by atoms with Gasteiger partial charge in [-0.1, -0.05) is 0 Å². The fraction of sp³-hybridized carbons (Fsp3) is 0.167. The van der Waals surface area contributed by atoms with Gasteiger partial charge >= 0.3 is 0 Å². The molecule has 0 atom stereocenters. The standard InChI is InChI=1S/C6H6N4OS/c1-10-5(11)3-4(8-2-7-3)9-6(10)12/h2H,1H3,(H,7,8)(H,9,12). The number of aromatic nitrogens is 4. The maximum absolute atomic E-state index is 11.4. The lowest BCUT2D eigenvalue weighted by atomic mass is 10.5. The van der Waals surface area contributed by atoms with Crippen molar-refractivity contribution in [1.29, 1.82) is 0 Å². The van der Waals surface area contributed by atoms with Crippen molar-refractivity contribution in [2.75, 3.05) is 0 Å². The quantitative estimate of drug-likeness (QED) is 0.576. The van der Waals surface area contributed by atoms with Gasteiger partial charge in [0.05, 0.1) is 6.33 Å². The van der Waals surface area contributed by atoms with Gasteiger partial charge in [0.1, 0.15) is 5.52 Å². The summed E-state index contributed by atoms with van der Waals surface area (Å²) in [5.74, 6) is 0. The van der Waals surface area contributed by atoms with Crippen molar-refractivity contribution in [3.63, 3.8) is 0 Å². The Labute approximate surface area is 72.1 Å². The van der Waals surface area contributed by atoms with E-state index in [1.807, 2.05) is 0 Å². The third kappa shape index (κ3) is 0.814. The van der Waals surface area contributed by atoms with Crippen molar-refractivity contribution in [3.8, 4) is 0 Å². The molecule has 0 radical (unpaired) electrons. The summed E-state index contributed by atoms with van der Waals surface area (Å²) in [6, 6.07) is 0. The van der Waals surface area contributed by atoms with Crippen LogP contribution in [-0.4, -0.2) is 19.5 Å². The van der Waals surface area contributed by atoms with E-state index in [0.29, 0.717) is 15.9 Å². The summed E-state index contributed by atoms with van der Waals surface area (Å²) in [6.07, 6.45) is 1.46. The van der Waals surface area contributed by atoms with Gasteiger partial charge in [0.25, 0.3) is 5.56 Å². The van der Waals surface area contributed by atoms with Gasteiger partial charge in [0.15, 0.2) is 10.4 Å². The van der Waals surface area contributed by atoms with Gasteiger partial charge in [-0.05, 0) is 12.2 Å². The molecule has 2 aromatic rings. The zero-order valence-corrected chi connectivity index (χ0v) is 7.10. The molecule has 0 aliphatic rings. The van der Waals surface area contributed by atoms with E-state index in [1.54, 1.807) is 7.05 Å². The van der Waals surface area contributed by atoms with Crippen LogP contribution in [0.4, 0.5) is 0 Å². The first-order chi connectivity index (χ1) is 5.70. The molecule has 0 bridgehead atoms. The Kier molecular flexibility index (Phi) is 1.37. The van der Waals surface area contributed by atoms with Gasteiger partial charge in [-0.15, -0.1) is 0 Å². The smallest absolute Gasteiger partial charge is 0.280 e. The minimum absolute atomic E-state index is 0.161. The van der Waals surface area contributed by atoms with E-state index in [4.69, 9.17) is 12.2 Å². The highest BCUT2D eigenvalue weighted by atomic mass is 32.1. The minimum Gasteiger partial charge on any atom is -0.339 e. The van der Waals surface area contributed by atoms with Gasteiger partial charge in [-0.3, -0.25) is 9.36 Å². The van der Waals surface area contributed by atoms with Gasteiger partial charge in [0, 0.05) is 7.05 Å². The van der Waals surface area contributed by atoms with Crippen molar-refractivity contribution in [1.82, 2.24) is 19.5 Å². The lowest BCUT2D eigenvalue weighted by Gasteiger charge is -1.95. The van der Waals surface area contributed by atoms with Crippen molar-refractivity contribution >= 4 is 23.4 Å². The zero-order valence-electron chi connectivity index (χ0n) is 6.29. The molecule has 6 heteroatoms. The molecule has 62 valence electrons. The summed E-state index contributed by atoms with van der Waals surface area (Å²) in [5, 5.41) is 0. The molecule has 0 saturated carbocycles. The van der Waals surface area contributed by atoms with Crippen LogP contribution in [0.15, 0.2) is 11.1 Å². The van der Waals surface area contributed by atoms with Gasteiger partial charge in [0.2, 0.25) is 0 Å². The number of hydrogen-bond acceptors (Lipinski definition) is 3. The third-order valence-electron chi connectivity index (χ3n) is 1.69. The van der Waals surface area contributed by atoms with Crippen molar-refractivity contribution in [2.24, 2.45) is 7.05 Å². The minimum atomic E-state index is -0.161. The Hall–Kier alpha value is -1.43.